The molecule has 2 atom stereocenters. The summed E-state index contributed by atoms with van der Waals surface area (Å²) in [6, 6.07) is 8.56. The zero-order chi connectivity index (χ0) is 14.4. The second-order valence-electron chi connectivity index (χ2n) is 5.47. The van der Waals surface area contributed by atoms with Crippen LogP contribution in [0.15, 0.2) is 24.3 Å². The molecule has 112 valence electrons. The first kappa shape index (κ1) is 15.3. The summed E-state index contributed by atoms with van der Waals surface area (Å²) in [5, 5.41) is 3.39. The Morgan fingerprint density at radius 3 is 3.00 bits per heavy atom. The van der Waals surface area contributed by atoms with Gasteiger partial charge in [0.2, 0.25) is 0 Å². The van der Waals surface area contributed by atoms with Crippen molar-refractivity contribution in [1.82, 2.24) is 10.2 Å². The number of nitrogens with one attached hydrogen (secondary N) is 1. The molecule has 1 saturated heterocycles. The second kappa shape index (κ2) is 7.62. The molecule has 2 rings (SSSR count). The number of hydrogen-bond acceptors (Lipinski definition) is 4. The summed E-state index contributed by atoms with van der Waals surface area (Å²) in [7, 11) is 5.87. The Balaban J connectivity index is 1.93. The smallest absolute Gasteiger partial charge is 0.119 e. The molecule has 0 radical (unpaired) electrons. The van der Waals surface area contributed by atoms with Crippen LogP contribution >= 0.6 is 0 Å². The van der Waals surface area contributed by atoms with E-state index in [0.717, 1.165) is 25.4 Å². The van der Waals surface area contributed by atoms with Crippen molar-refractivity contribution in [3.8, 4) is 5.75 Å². The van der Waals surface area contributed by atoms with Crippen LogP contribution in [0.1, 0.15) is 24.4 Å². The van der Waals surface area contributed by atoms with Crippen LogP contribution in [0.4, 0.5) is 0 Å². The van der Waals surface area contributed by atoms with Crippen molar-refractivity contribution in [2.75, 3.05) is 40.9 Å². The molecular formula is C16H26N2O2. The fourth-order valence-corrected chi connectivity index (χ4v) is 2.74. The van der Waals surface area contributed by atoms with Crippen molar-refractivity contribution >= 4 is 0 Å². The van der Waals surface area contributed by atoms with E-state index in [0.29, 0.717) is 12.1 Å². The van der Waals surface area contributed by atoms with E-state index in [1.54, 1.807) is 7.11 Å². The minimum atomic E-state index is 0.302. The molecule has 0 aromatic heterocycles. The lowest BCUT2D eigenvalue weighted by atomic mass is 10.1. The van der Waals surface area contributed by atoms with Crippen molar-refractivity contribution in [2.24, 2.45) is 0 Å². The lowest BCUT2D eigenvalue weighted by molar-refractivity contribution is 0.0786. The van der Waals surface area contributed by atoms with Gasteiger partial charge in [-0.25, -0.2) is 0 Å². The van der Waals surface area contributed by atoms with Crippen molar-refractivity contribution in [2.45, 2.75) is 25.0 Å². The van der Waals surface area contributed by atoms with Gasteiger partial charge in [-0.3, -0.25) is 0 Å². The maximum Gasteiger partial charge on any atom is 0.119 e. The Morgan fingerprint density at radius 2 is 2.35 bits per heavy atom. The van der Waals surface area contributed by atoms with E-state index in [-0.39, 0.29) is 0 Å². The van der Waals surface area contributed by atoms with E-state index in [4.69, 9.17) is 9.47 Å². The molecule has 0 aliphatic carbocycles. The van der Waals surface area contributed by atoms with E-state index in [9.17, 15) is 0 Å². The molecule has 1 heterocycles. The van der Waals surface area contributed by atoms with Crippen molar-refractivity contribution in [1.29, 1.82) is 0 Å². The van der Waals surface area contributed by atoms with E-state index < -0.39 is 0 Å². The third-order valence-corrected chi connectivity index (χ3v) is 3.88. The van der Waals surface area contributed by atoms with Crippen LogP contribution in [-0.4, -0.2) is 51.9 Å². The van der Waals surface area contributed by atoms with Crippen molar-refractivity contribution in [3.05, 3.63) is 29.8 Å². The number of hydrogen-bond donors (Lipinski definition) is 1. The highest BCUT2D eigenvalue weighted by Gasteiger charge is 2.19. The Hall–Kier alpha value is -1.10. The summed E-state index contributed by atoms with van der Waals surface area (Å²) in [6.07, 6.45) is 2.79. The molecule has 1 N–H and O–H groups in total. The van der Waals surface area contributed by atoms with E-state index >= 15 is 0 Å². The summed E-state index contributed by atoms with van der Waals surface area (Å²) in [6.45, 7) is 2.88. The third kappa shape index (κ3) is 4.20. The summed E-state index contributed by atoms with van der Waals surface area (Å²) in [5.41, 5.74) is 1.26. The standard InChI is InChI=1S/C16H26N2O2/c1-17-16(13-6-4-7-14(10-13)19-3)12-18(2)11-15-8-5-9-20-15/h4,6-7,10,15-17H,5,8-9,11-12H2,1-3H3. The second-order valence-corrected chi connectivity index (χ2v) is 5.47. The molecule has 4 nitrogen and oxygen atoms in total. The fourth-order valence-electron chi connectivity index (χ4n) is 2.74. The molecule has 1 fully saturated rings. The summed E-state index contributed by atoms with van der Waals surface area (Å²) in [4.78, 5) is 2.34. The maximum absolute atomic E-state index is 5.70. The quantitative estimate of drug-likeness (QED) is 0.828. The summed E-state index contributed by atoms with van der Waals surface area (Å²) < 4.78 is 11.0. The molecule has 0 amide bonds. The van der Waals surface area contributed by atoms with Gasteiger partial charge in [-0.15, -0.1) is 0 Å². The van der Waals surface area contributed by atoms with Gasteiger partial charge in [-0.05, 0) is 44.6 Å². The Bertz CT molecular complexity index is 405. The minimum absolute atomic E-state index is 0.302. The first-order chi connectivity index (χ1) is 9.72. The highest BCUT2D eigenvalue weighted by Crippen LogP contribution is 2.20. The summed E-state index contributed by atoms with van der Waals surface area (Å²) in [5.74, 6) is 0.907. The molecule has 2 unspecified atom stereocenters. The zero-order valence-electron chi connectivity index (χ0n) is 12.8. The van der Waals surface area contributed by atoms with E-state index in [2.05, 4.69) is 29.4 Å². The molecule has 1 aromatic carbocycles. The molecule has 0 spiro atoms. The molecule has 4 heteroatoms. The molecule has 20 heavy (non-hydrogen) atoms. The van der Waals surface area contributed by atoms with Gasteiger partial charge < -0.3 is 19.7 Å². The first-order valence-corrected chi connectivity index (χ1v) is 7.34. The van der Waals surface area contributed by atoms with Crippen LogP contribution in [0.5, 0.6) is 5.75 Å². The fraction of sp³-hybridized carbons (Fsp3) is 0.625. The molecular weight excluding hydrogens is 252 g/mol. The molecule has 1 aromatic rings. The Labute approximate surface area is 122 Å². The third-order valence-electron chi connectivity index (χ3n) is 3.88. The molecule has 0 saturated carbocycles. The van der Waals surface area contributed by atoms with Crippen LogP contribution in [0, 0.1) is 0 Å². The van der Waals surface area contributed by atoms with Gasteiger partial charge in [0.1, 0.15) is 5.75 Å². The van der Waals surface area contributed by atoms with Gasteiger partial charge in [0.25, 0.3) is 0 Å². The summed E-state index contributed by atoms with van der Waals surface area (Å²) >= 11 is 0. The SMILES string of the molecule is CNC(CN(C)CC1CCCO1)c1cccc(OC)c1. The van der Waals surface area contributed by atoms with Gasteiger partial charge >= 0.3 is 0 Å². The Morgan fingerprint density at radius 1 is 1.50 bits per heavy atom. The highest BCUT2D eigenvalue weighted by molar-refractivity contribution is 5.30. The van der Waals surface area contributed by atoms with Crippen LogP contribution in [0.3, 0.4) is 0 Å². The number of rotatable bonds is 7. The van der Waals surface area contributed by atoms with Gasteiger partial charge in [-0.1, -0.05) is 12.1 Å². The topological polar surface area (TPSA) is 33.7 Å². The molecule has 1 aliphatic heterocycles. The predicted octanol–water partition coefficient (Wildman–Crippen LogP) is 2.07. The van der Waals surface area contributed by atoms with E-state index in [1.807, 2.05) is 19.2 Å². The van der Waals surface area contributed by atoms with Crippen molar-refractivity contribution < 1.29 is 9.47 Å². The van der Waals surface area contributed by atoms with E-state index in [1.165, 1.54) is 18.4 Å². The predicted molar refractivity (Wildman–Crippen MR) is 81.3 cm³/mol. The van der Waals surface area contributed by atoms with Crippen LogP contribution < -0.4 is 10.1 Å². The normalized spacial score (nSPS) is 20.3. The van der Waals surface area contributed by atoms with Crippen LogP contribution in [0.25, 0.3) is 0 Å². The van der Waals surface area contributed by atoms with Gasteiger partial charge in [0, 0.05) is 25.7 Å². The van der Waals surface area contributed by atoms with Crippen molar-refractivity contribution in [3.63, 3.8) is 0 Å². The number of benzene rings is 1. The number of ether oxygens (including phenoxy) is 2. The lowest BCUT2D eigenvalue weighted by Crippen LogP contribution is -2.35. The maximum atomic E-state index is 5.70. The number of methoxy groups -OCH3 is 1. The minimum Gasteiger partial charge on any atom is -0.497 e. The van der Waals surface area contributed by atoms with Gasteiger partial charge in [-0.2, -0.15) is 0 Å². The average molecular weight is 278 g/mol. The Kier molecular flexibility index (Phi) is 5.83. The molecule has 1 aliphatic rings. The number of likely N-dealkylation sites (N-methyl/N-ethyl adjacent to an activating group) is 2. The van der Waals surface area contributed by atoms with Crippen LogP contribution in [0.2, 0.25) is 0 Å². The lowest BCUT2D eigenvalue weighted by Gasteiger charge is -2.26. The zero-order valence-corrected chi connectivity index (χ0v) is 12.8. The first-order valence-electron chi connectivity index (χ1n) is 7.34. The largest absolute Gasteiger partial charge is 0.497 e. The molecule has 0 bridgehead atoms. The average Bonchev–Trinajstić information content (AvgIpc) is 2.97. The van der Waals surface area contributed by atoms with Crippen LogP contribution in [-0.2, 0) is 4.74 Å². The highest BCUT2D eigenvalue weighted by atomic mass is 16.5. The monoisotopic (exact) mass is 278 g/mol. The van der Waals surface area contributed by atoms with Gasteiger partial charge in [0.05, 0.1) is 13.2 Å². The van der Waals surface area contributed by atoms with Gasteiger partial charge in [0.15, 0.2) is 0 Å². The number of nitrogens with zero attached hydrogens (tertiary/aromatic N) is 1.